The molecule has 0 bridgehead atoms. The van der Waals surface area contributed by atoms with E-state index in [4.69, 9.17) is 10.8 Å². The van der Waals surface area contributed by atoms with Crippen molar-refractivity contribution in [3.05, 3.63) is 32.7 Å². The van der Waals surface area contributed by atoms with Crippen LogP contribution in [0.1, 0.15) is 18.0 Å². The van der Waals surface area contributed by atoms with Crippen molar-refractivity contribution in [1.82, 2.24) is 0 Å². The summed E-state index contributed by atoms with van der Waals surface area (Å²) < 4.78 is 1.98. The lowest BCUT2D eigenvalue weighted by Crippen LogP contribution is -2.12. The second-order valence-corrected chi connectivity index (χ2v) is 4.55. The molecule has 0 amide bonds. The molecule has 4 heteroatoms. The summed E-state index contributed by atoms with van der Waals surface area (Å²) in [5.74, 6) is 0. The fourth-order valence-electron chi connectivity index (χ4n) is 1.09. The van der Waals surface area contributed by atoms with Gasteiger partial charge in [0.2, 0.25) is 0 Å². The number of hydrogen-bond donors (Lipinski definition) is 2. The Balaban J connectivity index is 2.91. The van der Waals surface area contributed by atoms with Gasteiger partial charge >= 0.3 is 0 Å². The summed E-state index contributed by atoms with van der Waals surface area (Å²) in [5, 5.41) is 8.75. The molecule has 1 atom stereocenters. The molecule has 0 aliphatic heterocycles. The van der Waals surface area contributed by atoms with E-state index in [1.807, 2.05) is 18.2 Å². The standard InChI is InChI=1S/C9H11Br2NO/c10-6-1-2-8(11)7(5-6)9(12)3-4-13/h1-2,5,9,13H,3-4,12H2/t9-/m0/s1. The highest BCUT2D eigenvalue weighted by Crippen LogP contribution is 2.27. The van der Waals surface area contributed by atoms with E-state index in [-0.39, 0.29) is 12.6 Å². The molecule has 0 aliphatic carbocycles. The molecular formula is C9H11Br2NO. The maximum absolute atomic E-state index is 8.75. The predicted octanol–water partition coefficient (Wildman–Crippen LogP) is 2.59. The van der Waals surface area contributed by atoms with Crippen LogP contribution in [0.4, 0.5) is 0 Å². The van der Waals surface area contributed by atoms with Gasteiger partial charge in [-0.25, -0.2) is 0 Å². The van der Waals surface area contributed by atoms with Crippen LogP contribution < -0.4 is 5.73 Å². The van der Waals surface area contributed by atoms with E-state index in [0.717, 1.165) is 14.5 Å². The Kier molecular flexibility index (Phi) is 4.38. The van der Waals surface area contributed by atoms with Crippen molar-refractivity contribution in [2.75, 3.05) is 6.61 Å². The SMILES string of the molecule is N[C@@H](CCO)c1cc(Br)ccc1Br. The third kappa shape index (κ3) is 3.06. The molecule has 0 aromatic heterocycles. The van der Waals surface area contributed by atoms with Crippen LogP contribution in [0.3, 0.4) is 0 Å². The van der Waals surface area contributed by atoms with Crippen molar-refractivity contribution >= 4 is 31.9 Å². The molecule has 0 aliphatic rings. The van der Waals surface area contributed by atoms with Crippen molar-refractivity contribution < 1.29 is 5.11 Å². The van der Waals surface area contributed by atoms with E-state index in [1.54, 1.807) is 0 Å². The van der Waals surface area contributed by atoms with E-state index in [0.29, 0.717) is 6.42 Å². The molecule has 1 aromatic carbocycles. The highest BCUT2D eigenvalue weighted by Gasteiger charge is 2.09. The first kappa shape index (κ1) is 11.2. The van der Waals surface area contributed by atoms with Gasteiger partial charge in [-0.2, -0.15) is 0 Å². The average molecular weight is 309 g/mol. The average Bonchev–Trinajstić information content (AvgIpc) is 2.09. The van der Waals surface area contributed by atoms with Crippen molar-refractivity contribution in [3.8, 4) is 0 Å². The quantitative estimate of drug-likeness (QED) is 0.901. The Bertz CT molecular complexity index is 291. The Labute approximate surface area is 94.4 Å². The lowest BCUT2D eigenvalue weighted by atomic mass is 10.1. The molecule has 2 nitrogen and oxygen atoms in total. The van der Waals surface area contributed by atoms with Gasteiger partial charge in [0.1, 0.15) is 0 Å². The van der Waals surface area contributed by atoms with Gasteiger partial charge in [-0.05, 0) is 30.2 Å². The Morgan fingerprint density at radius 1 is 1.38 bits per heavy atom. The van der Waals surface area contributed by atoms with Crippen LogP contribution in [-0.2, 0) is 0 Å². The Hall–Kier alpha value is 0.1000. The van der Waals surface area contributed by atoms with E-state index in [2.05, 4.69) is 31.9 Å². The molecule has 3 N–H and O–H groups in total. The number of aliphatic hydroxyl groups is 1. The first-order valence-corrected chi connectivity index (χ1v) is 5.55. The fourth-order valence-corrected chi connectivity index (χ4v) is 2.01. The molecule has 13 heavy (non-hydrogen) atoms. The van der Waals surface area contributed by atoms with Crippen LogP contribution in [0.5, 0.6) is 0 Å². The van der Waals surface area contributed by atoms with Crippen molar-refractivity contribution in [3.63, 3.8) is 0 Å². The van der Waals surface area contributed by atoms with E-state index >= 15 is 0 Å². The van der Waals surface area contributed by atoms with Gasteiger partial charge in [0.15, 0.2) is 0 Å². The zero-order valence-electron chi connectivity index (χ0n) is 7.00. The largest absolute Gasteiger partial charge is 0.396 e. The monoisotopic (exact) mass is 307 g/mol. The minimum absolute atomic E-state index is 0.111. The van der Waals surface area contributed by atoms with Crippen molar-refractivity contribution in [2.24, 2.45) is 5.73 Å². The number of hydrogen-bond acceptors (Lipinski definition) is 2. The zero-order chi connectivity index (χ0) is 9.84. The topological polar surface area (TPSA) is 46.2 Å². The number of nitrogens with two attached hydrogens (primary N) is 1. The lowest BCUT2D eigenvalue weighted by Gasteiger charge is -2.12. The number of aliphatic hydroxyl groups excluding tert-OH is 1. The van der Waals surface area contributed by atoms with E-state index < -0.39 is 0 Å². The van der Waals surface area contributed by atoms with Gasteiger partial charge in [-0.15, -0.1) is 0 Å². The van der Waals surface area contributed by atoms with Gasteiger partial charge in [0.25, 0.3) is 0 Å². The Morgan fingerprint density at radius 3 is 2.69 bits per heavy atom. The predicted molar refractivity (Wildman–Crippen MR) is 60.5 cm³/mol. The van der Waals surface area contributed by atoms with E-state index in [9.17, 15) is 0 Å². The maximum Gasteiger partial charge on any atom is 0.0449 e. The smallest absolute Gasteiger partial charge is 0.0449 e. The summed E-state index contributed by atoms with van der Waals surface area (Å²) in [6, 6.07) is 5.73. The van der Waals surface area contributed by atoms with Crippen molar-refractivity contribution in [1.29, 1.82) is 0 Å². The second kappa shape index (κ2) is 5.10. The van der Waals surface area contributed by atoms with Crippen LogP contribution in [0.2, 0.25) is 0 Å². The van der Waals surface area contributed by atoms with Crippen LogP contribution in [-0.4, -0.2) is 11.7 Å². The van der Waals surface area contributed by atoms with Crippen molar-refractivity contribution in [2.45, 2.75) is 12.5 Å². The summed E-state index contributed by atoms with van der Waals surface area (Å²) in [7, 11) is 0. The highest BCUT2D eigenvalue weighted by molar-refractivity contribution is 9.11. The van der Waals surface area contributed by atoms with E-state index in [1.165, 1.54) is 0 Å². The van der Waals surface area contributed by atoms with Gasteiger partial charge < -0.3 is 10.8 Å². The maximum atomic E-state index is 8.75. The van der Waals surface area contributed by atoms with Gasteiger partial charge in [0.05, 0.1) is 0 Å². The summed E-state index contributed by atoms with van der Waals surface area (Å²) in [6.45, 7) is 0.111. The lowest BCUT2D eigenvalue weighted by molar-refractivity contribution is 0.276. The number of halogens is 2. The number of benzene rings is 1. The minimum Gasteiger partial charge on any atom is -0.396 e. The molecule has 0 saturated heterocycles. The molecule has 1 rings (SSSR count). The molecule has 0 heterocycles. The highest BCUT2D eigenvalue weighted by atomic mass is 79.9. The van der Waals surface area contributed by atoms with Crippen LogP contribution in [0, 0.1) is 0 Å². The molecule has 1 aromatic rings. The first-order chi connectivity index (χ1) is 6.15. The second-order valence-electron chi connectivity index (χ2n) is 2.78. The Morgan fingerprint density at radius 2 is 2.08 bits per heavy atom. The molecule has 0 spiro atoms. The third-order valence-electron chi connectivity index (χ3n) is 1.80. The van der Waals surface area contributed by atoms with Crippen LogP contribution in [0.25, 0.3) is 0 Å². The molecule has 0 radical (unpaired) electrons. The summed E-state index contributed by atoms with van der Waals surface area (Å²) >= 11 is 6.80. The molecule has 0 unspecified atom stereocenters. The fraction of sp³-hybridized carbons (Fsp3) is 0.333. The molecular weight excluding hydrogens is 298 g/mol. The zero-order valence-corrected chi connectivity index (χ0v) is 10.2. The normalized spacial score (nSPS) is 12.9. The van der Waals surface area contributed by atoms with Crippen LogP contribution >= 0.6 is 31.9 Å². The van der Waals surface area contributed by atoms with Crippen LogP contribution in [0.15, 0.2) is 27.1 Å². The first-order valence-electron chi connectivity index (χ1n) is 3.96. The third-order valence-corrected chi connectivity index (χ3v) is 3.01. The number of rotatable bonds is 3. The molecule has 0 fully saturated rings. The summed E-state index contributed by atoms with van der Waals surface area (Å²) in [6.07, 6.45) is 0.578. The van der Waals surface area contributed by atoms with Gasteiger partial charge in [-0.3, -0.25) is 0 Å². The minimum atomic E-state index is -0.114. The molecule has 0 saturated carbocycles. The summed E-state index contributed by atoms with van der Waals surface area (Å²) in [5.41, 5.74) is 6.88. The van der Waals surface area contributed by atoms with Gasteiger partial charge in [-0.1, -0.05) is 31.9 Å². The summed E-state index contributed by atoms with van der Waals surface area (Å²) in [4.78, 5) is 0. The van der Waals surface area contributed by atoms with Gasteiger partial charge in [0, 0.05) is 21.6 Å². The molecule has 72 valence electrons.